The second-order valence-corrected chi connectivity index (χ2v) is 5.40. The van der Waals surface area contributed by atoms with Crippen LogP contribution < -0.4 is 4.31 Å². The fourth-order valence-electron chi connectivity index (χ4n) is 1.20. The molecule has 0 aliphatic rings. The van der Waals surface area contributed by atoms with Gasteiger partial charge in [-0.25, -0.2) is 0 Å². The van der Waals surface area contributed by atoms with Crippen molar-refractivity contribution in [3.63, 3.8) is 0 Å². The number of para-hydroxylation sites is 1. The summed E-state index contributed by atoms with van der Waals surface area (Å²) in [7, 11) is -1.01. The largest absolute Gasteiger partial charge is 0.310 e. The van der Waals surface area contributed by atoms with E-state index in [2.05, 4.69) is 0 Å². The molecule has 1 aromatic carbocycles. The lowest BCUT2D eigenvalue weighted by Gasteiger charge is -2.24. The molecule has 0 radical (unpaired) electrons. The molecule has 1 aromatic rings. The van der Waals surface area contributed by atoms with Crippen LogP contribution in [-0.2, 0) is 15.0 Å². The average Bonchev–Trinajstić information content (AvgIpc) is 2.18. The Kier molecular flexibility index (Phi) is 3.66. The molecule has 0 saturated heterocycles. The van der Waals surface area contributed by atoms with Crippen LogP contribution in [-0.4, -0.2) is 32.7 Å². The number of benzene rings is 1. The summed E-state index contributed by atoms with van der Waals surface area (Å²) in [4.78, 5) is 11.4. The first kappa shape index (κ1) is 12.7. The fraction of sp³-hybridized carbons (Fsp3) is 0.300. The van der Waals surface area contributed by atoms with Crippen LogP contribution in [0.25, 0.3) is 0 Å². The molecule has 0 unspecified atom stereocenters. The van der Waals surface area contributed by atoms with E-state index in [0.29, 0.717) is 5.69 Å². The Bertz CT molecular complexity index is 468. The van der Waals surface area contributed by atoms with E-state index in [-0.39, 0.29) is 0 Å². The van der Waals surface area contributed by atoms with Crippen molar-refractivity contribution in [2.75, 3.05) is 18.4 Å². The maximum Gasteiger partial charge on any atom is 0.310 e. The zero-order valence-corrected chi connectivity index (χ0v) is 10.2. The molecule has 16 heavy (non-hydrogen) atoms. The molecule has 0 saturated carbocycles. The number of nitrogens with zero attached hydrogens (tertiary/aromatic N) is 2. The van der Waals surface area contributed by atoms with Gasteiger partial charge in [0.1, 0.15) is 0 Å². The van der Waals surface area contributed by atoms with Crippen LogP contribution in [0.15, 0.2) is 30.3 Å². The van der Waals surface area contributed by atoms with Gasteiger partial charge >= 0.3 is 10.2 Å². The van der Waals surface area contributed by atoms with E-state index in [1.165, 1.54) is 21.0 Å². The van der Waals surface area contributed by atoms with Crippen molar-refractivity contribution < 1.29 is 13.2 Å². The summed E-state index contributed by atoms with van der Waals surface area (Å²) in [6, 6.07) is 8.25. The number of hydrogen-bond donors (Lipinski definition) is 0. The number of amides is 1. The Morgan fingerprint density at radius 3 is 2.00 bits per heavy atom. The summed E-state index contributed by atoms with van der Waals surface area (Å²) in [5, 5.41) is 0. The minimum Gasteiger partial charge on any atom is -0.274 e. The molecule has 88 valence electrons. The second-order valence-electron chi connectivity index (χ2n) is 3.41. The molecule has 0 fully saturated rings. The summed E-state index contributed by atoms with van der Waals surface area (Å²) < 4.78 is 25.6. The predicted octanol–water partition coefficient (Wildman–Crippen LogP) is 0.846. The summed E-state index contributed by atoms with van der Waals surface area (Å²) in [5.41, 5.74) is 0.337. The number of carbonyl (C=O) groups excluding carboxylic acids is 1. The lowest BCUT2D eigenvalue weighted by atomic mass is 10.3. The first-order valence-corrected chi connectivity index (χ1v) is 6.05. The Labute approximate surface area is 95.5 Å². The third kappa shape index (κ3) is 2.40. The van der Waals surface area contributed by atoms with Crippen molar-refractivity contribution in [2.45, 2.75) is 6.92 Å². The van der Waals surface area contributed by atoms with Gasteiger partial charge < -0.3 is 0 Å². The number of carbonyl (C=O) groups is 1. The molecule has 0 bridgehead atoms. The van der Waals surface area contributed by atoms with E-state index < -0.39 is 16.1 Å². The van der Waals surface area contributed by atoms with Gasteiger partial charge in [-0.05, 0) is 12.1 Å². The van der Waals surface area contributed by atoms with Crippen LogP contribution in [0.2, 0.25) is 0 Å². The Morgan fingerprint density at radius 1 is 1.12 bits per heavy atom. The highest BCUT2D eigenvalue weighted by Crippen LogP contribution is 2.18. The highest BCUT2D eigenvalue weighted by molar-refractivity contribution is 7.91. The van der Waals surface area contributed by atoms with Gasteiger partial charge in [0, 0.05) is 21.0 Å². The molecule has 0 aliphatic heterocycles. The third-order valence-electron chi connectivity index (χ3n) is 1.97. The summed E-state index contributed by atoms with van der Waals surface area (Å²) >= 11 is 0. The van der Waals surface area contributed by atoms with Crippen molar-refractivity contribution in [1.82, 2.24) is 4.31 Å². The summed E-state index contributed by atoms with van der Waals surface area (Å²) in [6.45, 7) is 1.22. The number of rotatable bonds is 3. The van der Waals surface area contributed by atoms with Crippen LogP contribution in [0, 0.1) is 0 Å². The summed E-state index contributed by atoms with van der Waals surface area (Å²) in [6.07, 6.45) is 0. The average molecular weight is 242 g/mol. The molecule has 0 spiro atoms. The van der Waals surface area contributed by atoms with E-state index in [0.717, 1.165) is 8.61 Å². The van der Waals surface area contributed by atoms with Gasteiger partial charge in [0.2, 0.25) is 5.91 Å². The van der Waals surface area contributed by atoms with Gasteiger partial charge in [-0.15, -0.1) is 0 Å². The van der Waals surface area contributed by atoms with Crippen LogP contribution >= 0.6 is 0 Å². The van der Waals surface area contributed by atoms with Crippen molar-refractivity contribution in [3.8, 4) is 0 Å². The van der Waals surface area contributed by atoms with E-state index in [4.69, 9.17) is 0 Å². The van der Waals surface area contributed by atoms with E-state index in [1.807, 2.05) is 0 Å². The first-order valence-electron chi connectivity index (χ1n) is 4.65. The van der Waals surface area contributed by atoms with Crippen LogP contribution in [0.1, 0.15) is 6.92 Å². The summed E-state index contributed by atoms with van der Waals surface area (Å²) in [5.74, 6) is -0.542. The first-order chi connectivity index (χ1) is 7.37. The fourth-order valence-corrected chi connectivity index (χ4v) is 2.24. The van der Waals surface area contributed by atoms with Crippen molar-refractivity contribution in [3.05, 3.63) is 30.3 Å². The Morgan fingerprint density at radius 2 is 1.62 bits per heavy atom. The van der Waals surface area contributed by atoms with Gasteiger partial charge in [0.15, 0.2) is 0 Å². The standard InChI is InChI=1S/C10H14N2O3S/c1-9(13)12(16(14,15)11(2)3)10-7-5-4-6-8-10/h4-8H,1-3H3. The van der Waals surface area contributed by atoms with E-state index in [9.17, 15) is 13.2 Å². The number of hydrogen-bond acceptors (Lipinski definition) is 3. The van der Waals surface area contributed by atoms with E-state index >= 15 is 0 Å². The lowest BCUT2D eigenvalue weighted by molar-refractivity contribution is -0.115. The normalized spacial score (nSPS) is 11.5. The lowest BCUT2D eigenvalue weighted by Crippen LogP contribution is -2.42. The zero-order chi connectivity index (χ0) is 12.3. The van der Waals surface area contributed by atoms with Crippen LogP contribution in [0.3, 0.4) is 0 Å². The SMILES string of the molecule is CC(=O)N(c1ccccc1)S(=O)(=O)N(C)C. The molecule has 0 atom stereocenters. The monoisotopic (exact) mass is 242 g/mol. The Balaban J connectivity index is 3.28. The highest BCUT2D eigenvalue weighted by Gasteiger charge is 2.28. The minimum atomic E-state index is -3.77. The van der Waals surface area contributed by atoms with Crippen molar-refractivity contribution in [2.24, 2.45) is 0 Å². The molecule has 6 heteroatoms. The van der Waals surface area contributed by atoms with E-state index in [1.54, 1.807) is 30.3 Å². The molecular weight excluding hydrogens is 228 g/mol. The number of anilines is 1. The maximum atomic E-state index is 11.9. The highest BCUT2D eigenvalue weighted by atomic mass is 32.2. The van der Waals surface area contributed by atoms with Gasteiger partial charge in [-0.1, -0.05) is 18.2 Å². The molecule has 0 aliphatic carbocycles. The minimum absolute atomic E-state index is 0.337. The van der Waals surface area contributed by atoms with Crippen LogP contribution in [0.5, 0.6) is 0 Å². The van der Waals surface area contributed by atoms with Crippen LogP contribution in [0.4, 0.5) is 5.69 Å². The molecule has 5 nitrogen and oxygen atoms in total. The quantitative estimate of drug-likeness (QED) is 0.789. The topological polar surface area (TPSA) is 57.7 Å². The third-order valence-corrected chi connectivity index (χ3v) is 3.82. The molecule has 1 amide bonds. The van der Waals surface area contributed by atoms with Gasteiger partial charge in [0.05, 0.1) is 5.69 Å². The maximum absolute atomic E-state index is 11.9. The molecular formula is C10H14N2O3S. The van der Waals surface area contributed by atoms with Crippen molar-refractivity contribution >= 4 is 21.8 Å². The van der Waals surface area contributed by atoms with Gasteiger partial charge in [0.25, 0.3) is 0 Å². The zero-order valence-electron chi connectivity index (χ0n) is 9.41. The second kappa shape index (κ2) is 4.63. The Hall–Kier alpha value is -1.40. The predicted molar refractivity (Wildman–Crippen MR) is 62.2 cm³/mol. The molecule has 0 N–H and O–H groups in total. The molecule has 0 heterocycles. The molecule has 1 rings (SSSR count). The van der Waals surface area contributed by atoms with Crippen molar-refractivity contribution in [1.29, 1.82) is 0 Å². The van der Waals surface area contributed by atoms with Gasteiger partial charge in [-0.2, -0.15) is 17.0 Å². The smallest absolute Gasteiger partial charge is 0.274 e. The van der Waals surface area contributed by atoms with Gasteiger partial charge in [-0.3, -0.25) is 4.79 Å². The molecule has 0 aromatic heterocycles.